The molecule has 1 aromatic carbocycles. The lowest BCUT2D eigenvalue weighted by Crippen LogP contribution is -2.40. The fraction of sp³-hybridized carbons (Fsp3) is 0.393. The summed E-state index contributed by atoms with van der Waals surface area (Å²) < 4.78 is 25.5. The summed E-state index contributed by atoms with van der Waals surface area (Å²) >= 11 is 4.86. The lowest BCUT2D eigenvalue weighted by atomic mass is 9.95. The van der Waals surface area contributed by atoms with Crippen molar-refractivity contribution < 1.29 is 23.4 Å². The van der Waals surface area contributed by atoms with Gasteiger partial charge in [0.25, 0.3) is 5.56 Å². The molecule has 0 spiro atoms. The highest BCUT2D eigenvalue weighted by Crippen LogP contribution is 2.38. The summed E-state index contributed by atoms with van der Waals surface area (Å²) in [6, 6.07) is 6.35. The molecule has 0 aliphatic carbocycles. The number of carbonyl (C=O) groups is 1. The summed E-state index contributed by atoms with van der Waals surface area (Å²) in [5.74, 6) is 1.87. The van der Waals surface area contributed by atoms with Crippen LogP contribution in [0, 0.1) is 0 Å². The molecule has 2 aliphatic rings. The Kier molecular flexibility index (Phi) is 7.99. The Morgan fingerprint density at radius 2 is 1.97 bits per heavy atom. The van der Waals surface area contributed by atoms with Crippen molar-refractivity contribution in [1.29, 1.82) is 0 Å². The van der Waals surface area contributed by atoms with Crippen molar-refractivity contribution >= 4 is 45.2 Å². The smallest absolute Gasteiger partial charge is 0.338 e. The van der Waals surface area contributed by atoms with Gasteiger partial charge < -0.3 is 23.5 Å². The van der Waals surface area contributed by atoms with Gasteiger partial charge >= 0.3 is 5.97 Å². The third-order valence-electron chi connectivity index (χ3n) is 6.85. The molecule has 1 saturated heterocycles. The van der Waals surface area contributed by atoms with Gasteiger partial charge in [-0.2, -0.15) is 0 Å². The predicted molar refractivity (Wildman–Crippen MR) is 152 cm³/mol. The first-order valence-corrected chi connectivity index (χ1v) is 14.4. The number of halogens is 1. The van der Waals surface area contributed by atoms with Crippen molar-refractivity contribution in [3.05, 3.63) is 71.0 Å². The number of methoxy groups -OCH3 is 2. The molecular formula is C28H30BrN3O6S. The van der Waals surface area contributed by atoms with Gasteiger partial charge in [0.15, 0.2) is 4.80 Å². The van der Waals surface area contributed by atoms with Crippen LogP contribution in [0.5, 0.6) is 11.5 Å². The van der Waals surface area contributed by atoms with E-state index >= 15 is 0 Å². The number of hydrogen-bond acceptors (Lipinski definition) is 9. The predicted octanol–water partition coefficient (Wildman–Crippen LogP) is 4.16. The monoisotopic (exact) mass is 615 g/mol. The Balaban J connectivity index is 1.68. The second kappa shape index (κ2) is 11.4. The summed E-state index contributed by atoms with van der Waals surface area (Å²) in [7, 11) is 3.11. The van der Waals surface area contributed by atoms with Gasteiger partial charge in [0.05, 0.1) is 41.1 Å². The fourth-order valence-corrected chi connectivity index (χ4v) is 6.61. The van der Waals surface area contributed by atoms with E-state index in [1.165, 1.54) is 22.3 Å². The highest BCUT2D eigenvalue weighted by molar-refractivity contribution is 9.10. The van der Waals surface area contributed by atoms with E-state index in [1.807, 2.05) is 6.07 Å². The number of nitrogens with zero attached hydrogens (tertiary/aromatic N) is 3. The number of aromatic nitrogens is 1. The van der Waals surface area contributed by atoms with Crippen LogP contribution in [0.25, 0.3) is 6.08 Å². The minimum absolute atomic E-state index is 0.189. The molecule has 9 nitrogen and oxygen atoms in total. The second-order valence-corrected chi connectivity index (χ2v) is 11.1. The Morgan fingerprint density at radius 3 is 2.67 bits per heavy atom. The number of thiazole rings is 1. The SMILES string of the molecule is CCOC(=O)C1=C(C)N=c2s/c(=C/c3cc(Br)c(N4CCCCC4)o3)c(=O)n2[C@H]1c1cc(OC)ccc1OC. The van der Waals surface area contributed by atoms with Crippen LogP contribution in [0.4, 0.5) is 5.88 Å². The van der Waals surface area contributed by atoms with E-state index in [0.717, 1.165) is 36.3 Å². The number of rotatable bonds is 7. The van der Waals surface area contributed by atoms with Crippen LogP contribution >= 0.6 is 27.3 Å². The van der Waals surface area contributed by atoms with Crippen molar-refractivity contribution in [3.8, 4) is 11.5 Å². The zero-order valence-electron chi connectivity index (χ0n) is 22.3. The summed E-state index contributed by atoms with van der Waals surface area (Å²) in [5, 5.41) is 0. The van der Waals surface area contributed by atoms with Crippen LogP contribution in [-0.2, 0) is 9.53 Å². The molecule has 39 heavy (non-hydrogen) atoms. The molecule has 0 saturated carbocycles. The molecule has 1 fully saturated rings. The molecule has 11 heteroatoms. The third kappa shape index (κ3) is 5.17. The molecule has 0 unspecified atom stereocenters. The molecule has 0 bridgehead atoms. The topological polar surface area (TPSA) is 95.5 Å². The number of furan rings is 1. The number of hydrogen-bond donors (Lipinski definition) is 0. The number of carbonyl (C=O) groups excluding carboxylic acids is 1. The van der Waals surface area contributed by atoms with Gasteiger partial charge in [0, 0.05) is 30.8 Å². The van der Waals surface area contributed by atoms with Crippen molar-refractivity contribution in [2.75, 3.05) is 38.8 Å². The summed E-state index contributed by atoms with van der Waals surface area (Å²) in [5.41, 5.74) is 1.05. The van der Waals surface area contributed by atoms with Crippen LogP contribution in [0.1, 0.15) is 50.5 Å². The minimum atomic E-state index is -0.820. The van der Waals surface area contributed by atoms with Crippen LogP contribution in [0.15, 0.2) is 54.2 Å². The first-order valence-electron chi connectivity index (χ1n) is 12.8. The first kappa shape index (κ1) is 27.3. The molecule has 206 valence electrons. The van der Waals surface area contributed by atoms with Crippen LogP contribution in [0.3, 0.4) is 0 Å². The van der Waals surface area contributed by atoms with Gasteiger partial charge in [-0.15, -0.1) is 0 Å². The Bertz CT molecular complexity index is 1610. The highest BCUT2D eigenvalue weighted by atomic mass is 79.9. The summed E-state index contributed by atoms with van der Waals surface area (Å²) in [6.07, 6.45) is 5.19. The van der Waals surface area contributed by atoms with Crippen LogP contribution in [0.2, 0.25) is 0 Å². The molecule has 0 radical (unpaired) electrons. The van der Waals surface area contributed by atoms with E-state index in [0.29, 0.717) is 37.9 Å². The molecule has 3 aromatic rings. The summed E-state index contributed by atoms with van der Waals surface area (Å²) in [4.78, 5) is 34.5. The molecule has 0 N–H and O–H groups in total. The number of fused-ring (bicyclic) bond motifs is 1. The summed E-state index contributed by atoms with van der Waals surface area (Å²) in [6.45, 7) is 5.55. The van der Waals surface area contributed by atoms with Crippen LogP contribution < -0.4 is 29.3 Å². The Labute approximate surface area is 238 Å². The quantitative estimate of drug-likeness (QED) is 0.368. The number of anilines is 1. The van der Waals surface area contributed by atoms with Gasteiger partial charge in [-0.3, -0.25) is 9.36 Å². The van der Waals surface area contributed by atoms with E-state index in [1.54, 1.807) is 52.3 Å². The van der Waals surface area contributed by atoms with E-state index in [4.69, 9.17) is 18.6 Å². The van der Waals surface area contributed by atoms with Gasteiger partial charge in [0.2, 0.25) is 5.88 Å². The fourth-order valence-electron chi connectivity index (χ4n) is 5.03. The van der Waals surface area contributed by atoms with Crippen LogP contribution in [-0.4, -0.2) is 44.5 Å². The van der Waals surface area contributed by atoms with Crippen molar-refractivity contribution in [1.82, 2.24) is 4.57 Å². The van der Waals surface area contributed by atoms with E-state index < -0.39 is 12.0 Å². The maximum absolute atomic E-state index is 14.0. The minimum Gasteiger partial charge on any atom is -0.497 e. The number of piperidine rings is 1. The number of esters is 1. The van der Waals surface area contributed by atoms with Gasteiger partial charge in [-0.1, -0.05) is 11.3 Å². The number of ether oxygens (including phenoxy) is 3. The van der Waals surface area contributed by atoms with Crippen molar-refractivity contribution in [2.45, 2.75) is 39.2 Å². The molecule has 0 amide bonds. The molecule has 5 rings (SSSR count). The number of benzene rings is 1. The van der Waals surface area contributed by atoms with E-state index in [-0.39, 0.29) is 17.7 Å². The average molecular weight is 617 g/mol. The highest BCUT2D eigenvalue weighted by Gasteiger charge is 2.35. The third-order valence-corrected chi connectivity index (χ3v) is 8.40. The number of allylic oxidation sites excluding steroid dienone is 1. The van der Waals surface area contributed by atoms with E-state index in [2.05, 4.69) is 25.8 Å². The Hall–Kier alpha value is -3.31. The normalized spacial score (nSPS) is 17.6. The van der Waals surface area contributed by atoms with Crippen molar-refractivity contribution in [2.24, 2.45) is 4.99 Å². The van der Waals surface area contributed by atoms with Gasteiger partial charge in [-0.25, -0.2) is 9.79 Å². The zero-order chi connectivity index (χ0) is 27.7. The Morgan fingerprint density at radius 1 is 1.21 bits per heavy atom. The maximum Gasteiger partial charge on any atom is 0.338 e. The molecule has 2 aliphatic heterocycles. The molecule has 4 heterocycles. The lowest BCUT2D eigenvalue weighted by Gasteiger charge is -2.26. The van der Waals surface area contributed by atoms with Gasteiger partial charge in [-0.05, 0) is 67.2 Å². The zero-order valence-corrected chi connectivity index (χ0v) is 24.7. The average Bonchev–Trinajstić information content (AvgIpc) is 3.46. The largest absolute Gasteiger partial charge is 0.497 e. The molecule has 1 atom stereocenters. The van der Waals surface area contributed by atoms with Gasteiger partial charge in [0.1, 0.15) is 23.3 Å². The second-order valence-electron chi connectivity index (χ2n) is 9.26. The van der Waals surface area contributed by atoms with E-state index in [9.17, 15) is 9.59 Å². The maximum atomic E-state index is 14.0. The lowest BCUT2D eigenvalue weighted by molar-refractivity contribution is -0.139. The molecule has 2 aromatic heterocycles. The standard InChI is InChI=1S/C28H30BrN3O6S/c1-5-37-27(34)23-16(2)30-28-32(24(23)19-13-17(35-3)9-10-21(19)36-4)25(33)22(39-28)15-18-14-20(29)26(38-18)31-11-7-6-8-12-31/h9-10,13-15,24H,5-8,11-12H2,1-4H3/b22-15+/t24-/m0/s1. The molecular weight excluding hydrogens is 586 g/mol. The first-order chi connectivity index (χ1) is 18.9. The van der Waals surface area contributed by atoms with Crippen molar-refractivity contribution in [3.63, 3.8) is 0 Å².